The van der Waals surface area contributed by atoms with Gasteiger partial charge in [-0.3, -0.25) is 4.79 Å². The lowest BCUT2D eigenvalue weighted by molar-refractivity contribution is -0.143. The first-order chi connectivity index (χ1) is 13.9. The number of alkyl halides is 6. The Hall–Kier alpha value is -3.16. The summed E-state index contributed by atoms with van der Waals surface area (Å²) in [6.45, 7) is 0. The van der Waals surface area contributed by atoms with Gasteiger partial charge in [0.05, 0.1) is 23.1 Å². The van der Waals surface area contributed by atoms with E-state index in [1.807, 2.05) is 5.32 Å². The molecule has 2 aromatic heterocycles. The number of hydrogen-bond acceptors (Lipinski definition) is 6. The molecular weight excluding hydrogens is 440 g/mol. The van der Waals surface area contributed by atoms with Gasteiger partial charge in [-0.2, -0.15) is 26.3 Å². The third kappa shape index (κ3) is 4.87. The number of thioether (sulfide) groups is 1. The van der Waals surface area contributed by atoms with Crippen molar-refractivity contribution in [2.75, 3.05) is 16.9 Å². The number of amides is 1. The maximum Gasteiger partial charge on any atom is 0.416 e. The fourth-order valence-corrected chi connectivity index (χ4v) is 2.96. The summed E-state index contributed by atoms with van der Waals surface area (Å²) in [5.41, 5.74) is -3.72. The molecule has 30 heavy (non-hydrogen) atoms. The zero-order chi connectivity index (χ0) is 22.1. The summed E-state index contributed by atoms with van der Waals surface area (Å²) in [4.78, 5) is 12.0. The Labute approximate surface area is 168 Å². The van der Waals surface area contributed by atoms with Crippen molar-refractivity contribution in [1.82, 2.24) is 14.9 Å². The van der Waals surface area contributed by atoms with Crippen molar-refractivity contribution in [3.63, 3.8) is 0 Å². The molecule has 3 rings (SSSR count). The van der Waals surface area contributed by atoms with Crippen LogP contribution in [0.25, 0.3) is 11.6 Å². The van der Waals surface area contributed by atoms with Crippen LogP contribution in [-0.4, -0.2) is 26.5 Å². The van der Waals surface area contributed by atoms with Crippen LogP contribution < -0.4 is 11.2 Å². The summed E-state index contributed by atoms with van der Waals surface area (Å²) in [5.74, 6) is 5.01. The van der Waals surface area contributed by atoms with Crippen LogP contribution in [0.1, 0.15) is 11.1 Å². The van der Waals surface area contributed by atoms with Crippen molar-refractivity contribution in [1.29, 1.82) is 0 Å². The molecule has 160 valence electrons. The highest BCUT2D eigenvalue weighted by atomic mass is 32.2. The third-order valence-electron chi connectivity index (χ3n) is 3.61. The SMILES string of the molecule is Nn1c(SCC(=O)Nc2cc(C(F)(F)F)cc(C(F)(F)F)c2)nnc1-c1ccco1. The van der Waals surface area contributed by atoms with Gasteiger partial charge in [0.1, 0.15) is 0 Å². The zero-order valence-electron chi connectivity index (χ0n) is 14.6. The number of benzene rings is 1. The number of nitrogen functional groups attached to an aromatic ring is 1. The molecule has 0 aliphatic carbocycles. The van der Waals surface area contributed by atoms with E-state index in [0.717, 1.165) is 16.4 Å². The van der Waals surface area contributed by atoms with E-state index in [9.17, 15) is 31.1 Å². The summed E-state index contributed by atoms with van der Waals surface area (Å²) >= 11 is 0.778. The standard InChI is InChI=1S/C16H11F6N5O2S/c17-15(18,19)8-4-9(16(20,21)22)6-10(5-8)24-12(28)7-30-14-26-25-13(27(14)23)11-2-1-3-29-11/h1-6H,7,23H2,(H,24,28). The Bertz CT molecular complexity index is 1010. The van der Waals surface area contributed by atoms with Crippen molar-refractivity contribution < 1.29 is 35.6 Å². The lowest BCUT2D eigenvalue weighted by Crippen LogP contribution is -2.18. The van der Waals surface area contributed by atoms with Crippen LogP contribution in [0, 0.1) is 0 Å². The molecule has 7 nitrogen and oxygen atoms in total. The van der Waals surface area contributed by atoms with Crippen molar-refractivity contribution in [3.8, 4) is 11.6 Å². The predicted octanol–water partition coefficient (Wildman–Crippen LogP) is 4.02. The molecule has 0 atom stereocenters. The Morgan fingerprint density at radius 2 is 1.73 bits per heavy atom. The van der Waals surface area contributed by atoms with Crippen molar-refractivity contribution in [2.45, 2.75) is 17.5 Å². The normalized spacial score (nSPS) is 12.2. The highest BCUT2D eigenvalue weighted by Gasteiger charge is 2.37. The molecule has 1 amide bonds. The van der Waals surface area contributed by atoms with E-state index in [2.05, 4.69) is 10.2 Å². The first kappa shape index (κ1) is 21.5. The van der Waals surface area contributed by atoms with Gasteiger partial charge in [0, 0.05) is 5.69 Å². The molecule has 0 unspecified atom stereocenters. The molecule has 3 N–H and O–H groups in total. The average molecular weight is 451 g/mol. The molecule has 0 radical (unpaired) electrons. The van der Waals surface area contributed by atoms with E-state index in [1.54, 1.807) is 12.1 Å². The second kappa shape index (κ2) is 7.93. The average Bonchev–Trinajstić information content (AvgIpc) is 3.28. The third-order valence-corrected chi connectivity index (χ3v) is 4.55. The minimum Gasteiger partial charge on any atom is -0.461 e. The molecule has 0 fully saturated rings. The van der Waals surface area contributed by atoms with Crippen molar-refractivity contribution in [3.05, 3.63) is 47.7 Å². The molecule has 2 heterocycles. The number of carbonyl (C=O) groups excluding carboxylic acids is 1. The Kier molecular flexibility index (Phi) is 5.70. The van der Waals surface area contributed by atoms with E-state index < -0.39 is 40.8 Å². The number of rotatable bonds is 5. The number of hydrogen-bond donors (Lipinski definition) is 2. The van der Waals surface area contributed by atoms with Crippen LogP contribution in [-0.2, 0) is 17.1 Å². The van der Waals surface area contributed by atoms with E-state index in [4.69, 9.17) is 10.3 Å². The van der Waals surface area contributed by atoms with Gasteiger partial charge in [0.15, 0.2) is 5.76 Å². The number of nitrogens with two attached hydrogens (primary N) is 1. The fraction of sp³-hybridized carbons (Fsp3) is 0.188. The van der Waals surface area contributed by atoms with E-state index in [1.165, 1.54) is 6.26 Å². The Morgan fingerprint density at radius 1 is 1.10 bits per heavy atom. The van der Waals surface area contributed by atoms with Gasteiger partial charge in [-0.05, 0) is 30.3 Å². The molecule has 0 spiro atoms. The van der Waals surface area contributed by atoms with E-state index in [0.29, 0.717) is 17.9 Å². The number of furan rings is 1. The zero-order valence-corrected chi connectivity index (χ0v) is 15.4. The van der Waals surface area contributed by atoms with Crippen LogP contribution in [0.4, 0.5) is 32.0 Å². The smallest absolute Gasteiger partial charge is 0.416 e. The predicted molar refractivity (Wildman–Crippen MR) is 93.7 cm³/mol. The van der Waals surface area contributed by atoms with Gasteiger partial charge in [0.25, 0.3) is 0 Å². The first-order valence-electron chi connectivity index (χ1n) is 7.91. The summed E-state index contributed by atoms with van der Waals surface area (Å²) < 4.78 is 83.4. The number of nitrogens with one attached hydrogen (secondary N) is 1. The summed E-state index contributed by atoms with van der Waals surface area (Å²) in [5, 5.41) is 9.64. The van der Waals surface area contributed by atoms with Gasteiger partial charge in [-0.1, -0.05) is 11.8 Å². The second-order valence-electron chi connectivity index (χ2n) is 5.78. The summed E-state index contributed by atoms with van der Waals surface area (Å²) in [7, 11) is 0. The quantitative estimate of drug-likeness (QED) is 0.345. The van der Waals surface area contributed by atoms with Crippen molar-refractivity contribution in [2.24, 2.45) is 0 Å². The minimum absolute atomic E-state index is 0.0303. The van der Waals surface area contributed by atoms with Crippen LogP contribution >= 0.6 is 11.8 Å². The molecule has 1 aromatic carbocycles. The van der Waals surface area contributed by atoms with E-state index in [-0.39, 0.29) is 17.0 Å². The molecule has 0 aliphatic heterocycles. The molecule has 14 heteroatoms. The Balaban J connectivity index is 1.72. The van der Waals surface area contributed by atoms with Gasteiger partial charge < -0.3 is 15.6 Å². The monoisotopic (exact) mass is 451 g/mol. The molecule has 0 aliphatic rings. The van der Waals surface area contributed by atoms with E-state index >= 15 is 0 Å². The van der Waals surface area contributed by atoms with Crippen LogP contribution in [0.2, 0.25) is 0 Å². The number of aromatic nitrogens is 3. The van der Waals surface area contributed by atoms with Crippen LogP contribution in [0.3, 0.4) is 0 Å². The second-order valence-corrected chi connectivity index (χ2v) is 6.73. The lowest BCUT2D eigenvalue weighted by Gasteiger charge is -2.14. The fourth-order valence-electron chi connectivity index (χ4n) is 2.30. The number of nitrogens with zero attached hydrogens (tertiary/aromatic N) is 3. The van der Waals surface area contributed by atoms with Gasteiger partial charge in [-0.15, -0.1) is 10.2 Å². The molecule has 0 saturated heterocycles. The van der Waals surface area contributed by atoms with Gasteiger partial charge >= 0.3 is 12.4 Å². The lowest BCUT2D eigenvalue weighted by atomic mass is 10.1. The highest BCUT2D eigenvalue weighted by molar-refractivity contribution is 7.99. The van der Waals surface area contributed by atoms with Crippen LogP contribution in [0.5, 0.6) is 0 Å². The molecule has 3 aromatic rings. The van der Waals surface area contributed by atoms with Crippen molar-refractivity contribution >= 4 is 23.4 Å². The summed E-state index contributed by atoms with van der Waals surface area (Å²) in [6, 6.07) is 3.96. The van der Waals surface area contributed by atoms with Gasteiger partial charge in [-0.25, -0.2) is 4.68 Å². The maximum atomic E-state index is 12.9. The largest absolute Gasteiger partial charge is 0.461 e. The molecule has 0 saturated carbocycles. The Morgan fingerprint density at radius 3 is 2.27 bits per heavy atom. The number of halogens is 6. The van der Waals surface area contributed by atoms with Gasteiger partial charge in [0.2, 0.25) is 16.9 Å². The van der Waals surface area contributed by atoms with Crippen LogP contribution in [0.15, 0.2) is 46.2 Å². The molecule has 0 bridgehead atoms. The minimum atomic E-state index is -5.02. The number of carbonyl (C=O) groups is 1. The highest BCUT2D eigenvalue weighted by Crippen LogP contribution is 2.37. The summed E-state index contributed by atoms with van der Waals surface area (Å²) in [6.07, 6.45) is -8.66. The topological polar surface area (TPSA) is 99.0 Å². The number of anilines is 1. The molecular formula is C16H11F6N5O2S. The first-order valence-corrected chi connectivity index (χ1v) is 8.90. The maximum absolute atomic E-state index is 12.9.